The summed E-state index contributed by atoms with van der Waals surface area (Å²) in [6, 6.07) is 9.79. The van der Waals surface area contributed by atoms with Crippen molar-refractivity contribution in [3.05, 3.63) is 56.0 Å². The number of rotatable bonds is 9. The number of carbonyl (C=O) groups is 4. The molecule has 0 unspecified atom stereocenters. The normalized spacial score (nSPS) is 15.1. The molecule has 0 bridgehead atoms. The topological polar surface area (TPSA) is 111 Å². The van der Waals surface area contributed by atoms with Gasteiger partial charge in [0, 0.05) is 5.69 Å². The van der Waals surface area contributed by atoms with E-state index in [4.69, 9.17) is 9.47 Å². The van der Waals surface area contributed by atoms with Gasteiger partial charge in [0.2, 0.25) is 0 Å². The van der Waals surface area contributed by atoms with Gasteiger partial charge >= 0.3 is 5.97 Å². The Morgan fingerprint density at radius 3 is 2.50 bits per heavy atom. The van der Waals surface area contributed by atoms with E-state index in [1.807, 2.05) is 38.1 Å². The molecule has 1 aliphatic heterocycles. The van der Waals surface area contributed by atoms with Crippen molar-refractivity contribution < 1.29 is 33.4 Å². The molecule has 36 heavy (non-hydrogen) atoms. The number of halogens is 1. The maximum absolute atomic E-state index is 12.8. The molecule has 2 aromatic rings. The third-order valence-electron chi connectivity index (χ3n) is 5.07. The average molecular weight is 624 g/mol. The van der Waals surface area contributed by atoms with Gasteiger partial charge in [-0.1, -0.05) is 17.7 Å². The van der Waals surface area contributed by atoms with Gasteiger partial charge in [0.15, 0.2) is 18.1 Å². The van der Waals surface area contributed by atoms with E-state index < -0.39 is 23.2 Å². The standard InChI is InChI=1S/C25H25IN2O7S/c1-5-34-19-11-16(12-20-23(30)28(25(32)36-20)15(3)24(31)33-4)10-18(26)22(19)35-13-21(29)27-17-8-6-14(2)7-9-17/h6-12,15H,5,13H2,1-4H3,(H,27,29)/b20-12+/t15-/m0/s1. The third kappa shape index (κ3) is 6.58. The molecule has 1 N–H and O–H groups in total. The molecule has 9 nitrogen and oxygen atoms in total. The van der Waals surface area contributed by atoms with E-state index in [1.165, 1.54) is 14.0 Å². The molecule has 11 heteroatoms. The number of benzene rings is 2. The Bertz CT molecular complexity index is 1210. The molecule has 0 aromatic heterocycles. The van der Waals surface area contributed by atoms with Crippen LogP contribution in [0.4, 0.5) is 10.5 Å². The van der Waals surface area contributed by atoms with Crippen molar-refractivity contribution >= 4 is 69.1 Å². The van der Waals surface area contributed by atoms with Gasteiger partial charge in [0.05, 0.1) is 22.2 Å². The SMILES string of the molecule is CCOc1cc(/C=C2/SC(=O)N([C@@H](C)C(=O)OC)C2=O)cc(I)c1OCC(=O)Nc1ccc(C)cc1. The van der Waals surface area contributed by atoms with Crippen molar-refractivity contribution in [1.82, 2.24) is 4.90 Å². The second-order valence-corrected chi connectivity index (χ2v) is 9.87. The zero-order valence-corrected chi connectivity index (χ0v) is 23.1. The molecule has 0 aliphatic carbocycles. The van der Waals surface area contributed by atoms with Crippen LogP contribution < -0.4 is 14.8 Å². The molecule has 3 rings (SSSR count). The molecule has 1 atom stereocenters. The van der Waals surface area contributed by atoms with Crippen molar-refractivity contribution in [2.45, 2.75) is 26.8 Å². The molecule has 1 heterocycles. The van der Waals surface area contributed by atoms with E-state index >= 15 is 0 Å². The first-order chi connectivity index (χ1) is 17.1. The minimum absolute atomic E-state index is 0.167. The molecule has 1 fully saturated rings. The number of amides is 3. The summed E-state index contributed by atoms with van der Waals surface area (Å²) in [5.74, 6) is -0.805. The van der Waals surface area contributed by atoms with E-state index in [0.29, 0.717) is 32.9 Å². The highest BCUT2D eigenvalue weighted by Gasteiger charge is 2.41. The summed E-state index contributed by atoms with van der Waals surface area (Å²) >= 11 is 2.79. The number of anilines is 1. The lowest BCUT2D eigenvalue weighted by atomic mass is 10.1. The van der Waals surface area contributed by atoms with Crippen LogP contribution >= 0.6 is 34.4 Å². The molecule has 0 radical (unpaired) electrons. The molecular weight excluding hydrogens is 599 g/mol. The van der Waals surface area contributed by atoms with Crippen LogP contribution in [-0.4, -0.2) is 54.3 Å². The Balaban J connectivity index is 1.78. The lowest BCUT2D eigenvalue weighted by Crippen LogP contribution is -2.42. The molecule has 3 amide bonds. The van der Waals surface area contributed by atoms with Crippen LogP contribution in [0.1, 0.15) is 25.0 Å². The third-order valence-corrected chi connectivity index (χ3v) is 6.75. The minimum Gasteiger partial charge on any atom is -0.490 e. The zero-order chi connectivity index (χ0) is 26.4. The highest BCUT2D eigenvalue weighted by atomic mass is 127. The number of aryl methyl sites for hydroxylation is 1. The van der Waals surface area contributed by atoms with E-state index in [-0.39, 0.29) is 17.4 Å². The summed E-state index contributed by atoms with van der Waals surface area (Å²) < 4.78 is 16.8. The van der Waals surface area contributed by atoms with Gasteiger partial charge in [-0.25, -0.2) is 4.79 Å². The van der Waals surface area contributed by atoms with E-state index in [0.717, 1.165) is 22.2 Å². The summed E-state index contributed by atoms with van der Waals surface area (Å²) in [7, 11) is 1.20. The first-order valence-electron chi connectivity index (χ1n) is 10.9. The fourth-order valence-corrected chi connectivity index (χ4v) is 4.98. The predicted molar refractivity (Wildman–Crippen MR) is 145 cm³/mol. The lowest BCUT2D eigenvalue weighted by molar-refractivity contribution is -0.148. The maximum atomic E-state index is 12.8. The molecule has 190 valence electrons. The van der Waals surface area contributed by atoms with Crippen molar-refractivity contribution in [3.63, 3.8) is 0 Å². The van der Waals surface area contributed by atoms with Gasteiger partial charge in [0.1, 0.15) is 6.04 Å². The van der Waals surface area contributed by atoms with Crippen LogP contribution in [-0.2, 0) is 19.1 Å². The quantitative estimate of drug-likeness (QED) is 0.245. The fourth-order valence-electron chi connectivity index (χ4n) is 3.29. The number of hydrogen-bond donors (Lipinski definition) is 1. The van der Waals surface area contributed by atoms with Crippen LogP contribution in [0.25, 0.3) is 6.08 Å². The Kier molecular flexibility index (Phi) is 9.37. The van der Waals surface area contributed by atoms with Crippen molar-refractivity contribution in [2.24, 2.45) is 0 Å². The molecule has 1 saturated heterocycles. The van der Waals surface area contributed by atoms with E-state index in [2.05, 4.69) is 32.6 Å². The van der Waals surface area contributed by atoms with Crippen LogP contribution in [0.2, 0.25) is 0 Å². The van der Waals surface area contributed by atoms with Gasteiger partial charge in [-0.15, -0.1) is 0 Å². The van der Waals surface area contributed by atoms with Crippen molar-refractivity contribution in [2.75, 3.05) is 25.6 Å². The predicted octanol–water partition coefficient (Wildman–Crippen LogP) is 4.61. The fraction of sp³-hybridized carbons (Fsp3) is 0.280. The number of carbonyl (C=O) groups excluding carboxylic acids is 4. The summed E-state index contributed by atoms with van der Waals surface area (Å²) in [5, 5.41) is 2.23. The van der Waals surface area contributed by atoms with Crippen LogP contribution in [0.15, 0.2) is 41.3 Å². The number of esters is 1. The smallest absolute Gasteiger partial charge is 0.328 e. The summed E-state index contributed by atoms with van der Waals surface area (Å²) in [6.45, 7) is 5.32. The first kappa shape index (κ1) is 27.5. The average Bonchev–Trinajstić information content (AvgIpc) is 3.11. The second-order valence-electron chi connectivity index (χ2n) is 7.72. The van der Waals surface area contributed by atoms with Crippen molar-refractivity contribution in [3.8, 4) is 11.5 Å². The number of hydrogen-bond acceptors (Lipinski definition) is 8. The second kappa shape index (κ2) is 12.3. The van der Waals surface area contributed by atoms with Crippen molar-refractivity contribution in [1.29, 1.82) is 0 Å². The van der Waals surface area contributed by atoms with Crippen LogP contribution in [0.5, 0.6) is 11.5 Å². The van der Waals surface area contributed by atoms with Crippen LogP contribution in [0.3, 0.4) is 0 Å². The number of methoxy groups -OCH3 is 1. The number of nitrogens with zero attached hydrogens (tertiary/aromatic N) is 1. The molecular formula is C25H25IN2O7S. The highest BCUT2D eigenvalue weighted by Crippen LogP contribution is 2.38. The summed E-state index contributed by atoms with van der Waals surface area (Å²) in [4.78, 5) is 50.4. The van der Waals surface area contributed by atoms with Gasteiger partial charge in [-0.2, -0.15) is 0 Å². The first-order valence-corrected chi connectivity index (χ1v) is 12.8. The number of imide groups is 1. The number of ether oxygens (including phenoxy) is 3. The Labute approximate surface area is 226 Å². The van der Waals surface area contributed by atoms with Gasteiger partial charge in [-0.3, -0.25) is 19.3 Å². The van der Waals surface area contributed by atoms with E-state index in [9.17, 15) is 19.2 Å². The maximum Gasteiger partial charge on any atom is 0.328 e. The van der Waals surface area contributed by atoms with Gasteiger partial charge < -0.3 is 19.5 Å². The monoisotopic (exact) mass is 624 g/mol. The Morgan fingerprint density at radius 2 is 1.86 bits per heavy atom. The van der Waals surface area contributed by atoms with Gasteiger partial charge in [-0.05, 0) is 91.0 Å². The molecule has 2 aromatic carbocycles. The molecule has 0 spiro atoms. The Morgan fingerprint density at radius 1 is 1.17 bits per heavy atom. The Hall–Kier alpha value is -3.06. The number of nitrogens with one attached hydrogen (secondary N) is 1. The van der Waals surface area contributed by atoms with E-state index in [1.54, 1.807) is 18.2 Å². The molecule has 0 saturated carbocycles. The van der Waals surface area contributed by atoms with Gasteiger partial charge in [0.25, 0.3) is 17.1 Å². The number of thioether (sulfide) groups is 1. The zero-order valence-electron chi connectivity index (χ0n) is 20.1. The van der Waals surface area contributed by atoms with Crippen LogP contribution in [0, 0.1) is 10.5 Å². The molecule has 1 aliphatic rings. The highest BCUT2D eigenvalue weighted by molar-refractivity contribution is 14.1. The summed E-state index contributed by atoms with van der Waals surface area (Å²) in [5.41, 5.74) is 2.35. The largest absolute Gasteiger partial charge is 0.490 e. The lowest BCUT2D eigenvalue weighted by Gasteiger charge is -2.18. The summed E-state index contributed by atoms with van der Waals surface area (Å²) in [6.07, 6.45) is 1.55. The minimum atomic E-state index is -1.03.